The van der Waals surface area contributed by atoms with Crippen LogP contribution in [-0.2, 0) is 0 Å². The molecule has 0 amide bonds. The largest absolute Gasteiger partial charge is 0.333 e. The Bertz CT molecular complexity index is 1190. The molecule has 2 heterocycles. The molecule has 0 fully saturated rings. The molecule has 0 unspecified atom stereocenters. The Morgan fingerprint density at radius 1 is 1.15 bits per heavy atom. The minimum atomic E-state index is -0.439. The van der Waals surface area contributed by atoms with Crippen molar-refractivity contribution in [3.63, 3.8) is 0 Å². The van der Waals surface area contributed by atoms with Crippen molar-refractivity contribution in [2.24, 2.45) is 0 Å². The van der Waals surface area contributed by atoms with Crippen LogP contribution in [-0.4, -0.2) is 25.7 Å². The Balaban J connectivity index is 1.94. The first-order chi connectivity index (χ1) is 13.1. The smallest absolute Gasteiger partial charge is 0.285 e. The van der Waals surface area contributed by atoms with Crippen LogP contribution < -0.4 is 16.7 Å². The highest BCUT2D eigenvalue weighted by Crippen LogP contribution is 2.25. The lowest BCUT2D eigenvalue weighted by molar-refractivity contribution is 0.628. The molecule has 0 aliphatic carbocycles. The van der Waals surface area contributed by atoms with Crippen LogP contribution in [0.3, 0.4) is 0 Å². The molecule has 0 saturated heterocycles. The average molecular weight is 382 g/mol. The molecule has 4 rings (SSSR count). The maximum absolute atomic E-state index is 13.5. The van der Waals surface area contributed by atoms with Gasteiger partial charge in [0.2, 0.25) is 5.95 Å². The second-order valence-electron chi connectivity index (χ2n) is 5.70. The number of aromatic nitrogens is 4. The van der Waals surface area contributed by atoms with Crippen molar-refractivity contribution in [3.05, 3.63) is 70.8 Å². The van der Waals surface area contributed by atoms with E-state index in [1.807, 2.05) is 36.6 Å². The van der Waals surface area contributed by atoms with Gasteiger partial charge in [-0.25, -0.2) is 9.07 Å². The topological polar surface area (TPSA) is 90.8 Å². The van der Waals surface area contributed by atoms with E-state index in [0.29, 0.717) is 21.7 Å². The Morgan fingerprint density at radius 3 is 2.63 bits per heavy atom. The van der Waals surface area contributed by atoms with E-state index in [2.05, 4.69) is 15.4 Å². The maximum Gasteiger partial charge on any atom is 0.285 e. The molecule has 0 atom stereocenters. The zero-order valence-electron chi connectivity index (χ0n) is 14.3. The van der Waals surface area contributed by atoms with Crippen LogP contribution in [0.1, 0.15) is 0 Å². The standard InChI is InChI=1S/C18H15FN6OS/c1-27-16-14-15(25(23-16)13-8-3-2-4-9-13)22-18(24(20)17(14)26)21-12-7-5-6-11(19)10-12/h2-10H,20H2,1H3,(H,21,22). The Labute approximate surface area is 157 Å². The molecular weight excluding hydrogens is 367 g/mol. The molecule has 9 heteroatoms. The van der Waals surface area contributed by atoms with E-state index in [4.69, 9.17) is 5.84 Å². The van der Waals surface area contributed by atoms with Gasteiger partial charge in [-0.05, 0) is 36.6 Å². The average Bonchev–Trinajstić information content (AvgIpc) is 3.05. The number of nitrogens with one attached hydrogen (secondary N) is 1. The Morgan fingerprint density at radius 2 is 1.93 bits per heavy atom. The van der Waals surface area contributed by atoms with Gasteiger partial charge < -0.3 is 11.2 Å². The van der Waals surface area contributed by atoms with Gasteiger partial charge in [0, 0.05) is 5.69 Å². The fraction of sp³-hybridized carbons (Fsp3) is 0.0556. The van der Waals surface area contributed by atoms with Gasteiger partial charge in [0.1, 0.15) is 16.2 Å². The van der Waals surface area contributed by atoms with Crippen LogP contribution >= 0.6 is 11.8 Å². The number of nitrogens with zero attached hydrogens (tertiary/aromatic N) is 4. The Hall–Kier alpha value is -3.33. The summed E-state index contributed by atoms with van der Waals surface area (Å²) in [6, 6.07) is 15.2. The van der Waals surface area contributed by atoms with E-state index in [1.54, 1.807) is 16.8 Å². The second-order valence-corrected chi connectivity index (χ2v) is 6.50. The van der Waals surface area contributed by atoms with Gasteiger partial charge in [-0.3, -0.25) is 4.79 Å². The molecule has 2 aromatic heterocycles. The third-order valence-electron chi connectivity index (χ3n) is 3.98. The van der Waals surface area contributed by atoms with Gasteiger partial charge in [-0.15, -0.1) is 11.8 Å². The van der Waals surface area contributed by atoms with Crippen LogP contribution in [0.5, 0.6) is 0 Å². The van der Waals surface area contributed by atoms with Gasteiger partial charge in [-0.2, -0.15) is 14.8 Å². The molecule has 136 valence electrons. The molecular formula is C18H15FN6OS. The molecule has 4 aromatic rings. The molecule has 3 N–H and O–H groups in total. The number of benzene rings is 2. The summed E-state index contributed by atoms with van der Waals surface area (Å²) in [5.74, 6) is 5.62. The molecule has 2 aromatic carbocycles. The lowest BCUT2D eigenvalue weighted by atomic mass is 10.3. The normalized spacial score (nSPS) is 11.0. The fourth-order valence-corrected chi connectivity index (χ4v) is 3.27. The van der Waals surface area contributed by atoms with E-state index in [9.17, 15) is 9.18 Å². The van der Waals surface area contributed by atoms with Gasteiger partial charge in [0.05, 0.1) is 5.69 Å². The van der Waals surface area contributed by atoms with Crippen molar-refractivity contribution in [2.45, 2.75) is 5.03 Å². The zero-order valence-corrected chi connectivity index (χ0v) is 15.1. The highest BCUT2D eigenvalue weighted by molar-refractivity contribution is 7.98. The van der Waals surface area contributed by atoms with Crippen LogP contribution in [0.25, 0.3) is 16.7 Å². The maximum atomic E-state index is 13.5. The van der Waals surface area contributed by atoms with E-state index in [1.165, 1.54) is 23.9 Å². The van der Waals surface area contributed by atoms with Gasteiger partial charge >= 0.3 is 0 Å². The number of nitrogen functional groups attached to an aromatic ring is 1. The number of rotatable bonds is 4. The number of nitrogens with two attached hydrogens (primary N) is 1. The molecule has 0 bridgehead atoms. The summed E-state index contributed by atoms with van der Waals surface area (Å²) < 4.78 is 16.0. The summed E-state index contributed by atoms with van der Waals surface area (Å²) in [6.07, 6.45) is 1.83. The van der Waals surface area contributed by atoms with E-state index in [0.717, 1.165) is 10.4 Å². The summed E-state index contributed by atoms with van der Waals surface area (Å²) in [6.45, 7) is 0. The van der Waals surface area contributed by atoms with Crippen LogP contribution in [0.4, 0.5) is 16.0 Å². The first-order valence-corrected chi connectivity index (χ1v) is 9.24. The lowest BCUT2D eigenvalue weighted by Gasteiger charge is -2.10. The second kappa shape index (κ2) is 6.76. The molecule has 7 nitrogen and oxygen atoms in total. The van der Waals surface area contributed by atoms with E-state index < -0.39 is 11.4 Å². The molecule has 0 spiro atoms. The van der Waals surface area contributed by atoms with Crippen molar-refractivity contribution >= 4 is 34.4 Å². The van der Waals surface area contributed by atoms with Crippen molar-refractivity contribution in [2.75, 3.05) is 17.4 Å². The summed E-state index contributed by atoms with van der Waals surface area (Å²) >= 11 is 1.34. The van der Waals surface area contributed by atoms with E-state index in [-0.39, 0.29) is 5.95 Å². The summed E-state index contributed by atoms with van der Waals surface area (Å²) in [5, 5.41) is 8.26. The predicted octanol–water partition coefficient (Wildman–Crippen LogP) is 2.90. The van der Waals surface area contributed by atoms with Crippen molar-refractivity contribution in [1.29, 1.82) is 0 Å². The number of hydrogen-bond acceptors (Lipinski definition) is 6. The number of halogens is 1. The third-order valence-corrected chi connectivity index (χ3v) is 4.65. The fourth-order valence-electron chi connectivity index (χ4n) is 2.73. The number of thioether (sulfide) groups is 1. The monoisotopic (exact) mass is 382 g/mol. The van der Waals surface area contributed by atoms with Crippen LogP contribution in [0.2, 0.25) is 0 Å². The first-order valence-electron chi connectivity index (χ1n) is 8.01. The van der Waals surface area contributed by atoms with Crippen molar-refractivity contribution in [1.82, 2.24) is 19.4 Å². The molecule has 0 aliphatic rings. The summed E-state index contributed by atoms with van der Waals surface area (Å²) in [4.78, 5) is 17.3. The Kier molecular flexibility index (Phi) is 4.28. The number of hydrogen-bond donors (Lipinski definition) is 2. The van der Waals surface area contributed by atoms with Gasteiger partial charge in [-0.1, -0.05) is 24.3 Å². The molecule has 0 radical (unpaired) electrons. The van der Waals surface area contributed by atoms with E-state index >= 15 is 0 Å². The number of para-hydroxylation sites is 1. The van der Waals surface area contributed by atoms with Crippen molar-refractivity contribution < 1.29 is 4.39 Å². The molecule has 0 saturated carbocycles. The minimum absolute atomic E-state index is 0.0860. The minimum Gasteiger partial charge on any atom is -0.333 e. The number of fused-ring (bicyclic) bond motifs is 1. The quantitative estimate of drug-likeness (QED) is 0.417. The van der Waals surface area contributed by atoms with Gasteiger partial charge in [0.25, 0.3) is 5.56 Å². The van der Waals surface area contributed by atoms with Crippen LogP contribution in [0.15, 0.2) is 64.4 Å². The molecule has 0 aliphatic heterocycles. The highest BCUT2D eigenvalue weighted by atomic mass is 32.2. The third kappa shape index (κ3) is 3.02. The SMILES string of the molecule is CSc1nn(-c2ccccc2)c2nc(Nc3cccc(F)c3)n(N)c(=O)c12. The zero-order chi connectivity index (χ0) is 19.0. The summed E-state index contributed by atoms with van der Waals surface area (Å²) in [5.41, 5.74) is 1.12. The predicted molar refractivity (Wildman–Crippen MR) is 105 cm³/mol. The molecule has 27 heavy (non-hydrogen) atoms. The van der Waals surface area contributed by atoms with Gasteiger partial charge in [0.15, 0.2) is 5.65 Å². The lowest BCUT2D eigenvalue weighted by Crippen LogP contribution is -2.30. The first kappa shape index (κ1) is 17.1. The summed E-state index contributed by atoms with van der Waals surface area (Å²) in [7, 11) is 0. The highest BCUT2D eigenvalue weighted by Gasteiger charge is 2.20. The van der Waals surface area contributed by atoms with Crippen LogP contribution in [0, 0.1) is 5.82 Å². The number of anilines is 2. The van der Waals surface area contributed by atoms with Crippen molar-refractivity contribution in [3.8, 4) is 5.69 Å².